The molecule has 0 radical (unpaired) electrons. The maximum absolute atomic E-state index is 10.7. The minimum Gasteiger partial charge on any atom is -0.502 e. The topological polar surface area (TPSA) is 76.0 Å². The highest BCUT2D eigenvalue weighted by atomic mass is 16.7. The lowest BCUT2D eigenvalue weighted by Gasteiger charge is -2.15. The van der Waals surface area contributed by atoms with Gasteiger partial charge in [-0.1, -0.05) is 58.4 Å². The smallest absolute Gasteiger partial charge is 0.502 e. The number of rotatable bonds is 12. The molecule has 1 aromatic carbocycles. The Kier molecular flexibility index (Phi) is 9.73. The van der Waals surface area contributed by atoms with Crippen LogP contribution in [-0.4, -0.2) is 23.0 Å². The summed E-state index contributed by atoms with van der Waals surface area (Å²) in [4.78, 5) is 10.7. The van der Waals surface area contributed by atoms with Crippen molar-refractivity contribution in [1.29, 1.82) is 0 Å². The molecule has 0 saturated heterocycles. The molecule has 0 aromatic heterocycles. The van der Waals surface area contributed by atoms with E-state index in [0.717, 1.165) is 37.7 Å². The monoisotopic (exact) mass is 338 g/mol. The molecule has 0 spiro atoms. The molecule has 136 valence electrons. The van der Waals surface area contributed by atoms with Gasteiger partial charge in [0.25, 0.3) is 0 Å². The first-order valence-electron chi connectivity index (χ1n) is 8.98. The lowest BCUT2D eigenvalue weighted by molar-refractivity contribution is 0.142. The summed E-state index contributed by atoms with van der Waals surface area (Å²) in [5.74, 6) is 0.0495. The van der Waals surface area contributed by atoms with E-state index in [9.17, 15) is 9.90 Å². The predicted octanol–water partition coefficient (Wildman–Crippen LogP) is 5.53. The molecule has 5 nitrogen and oxygen atoms in total. The van der Waals surface area contributed by atoms with Crippen molar-refractivity contribution >= 4 is 6.16 Å². The third-order valence-electron chi connectivity index (χ3n) is 3.92. The Balaban J connectivity index is 2.67. The first-order chi connectivity index (χ1) is 11.6. The van der Waals surface area contributed by atoms with Crippen LogP contribution in [0.15, 0.2) is 12.1 Å². The van der Waals surface area contributed by atoms with Gasteiger partial charge in [-0.2, -0.15) is 0 Å². The van der Waals surface area contributed by atoms with Crippen LogP contribution in [0, 0.1) is 0 Å². The molecule has 0 amide bonds. The Hall–Kier alpha value is -1.91. The normalized spacial score (nSPS) is 10.6. The van der Waals surface area contributed by atoms with Crippen LogP contribution in [-0.2, 0) is 6.42 Å². The molecule has 0 unspecified atom stereocenters. The van der Waals surface area contributed by atoms with Gasteiger partial charge in [0.15, 0.2) is 11.5 Å². The van der Waals surface area contributed by atoms with E-state index in [1.54, 1.807) is 6.07 Å². The van der Waals surface area contributed by atoms with Gasteiger partial charge in [0, 0.05) is 0 Å². The van der Waals surface area contributed by atoms with Gasteiger partial charge < -0.3 is 19.7 Å². The molecule has 0 aliphatic carbocycles. The summed E-state index contributed by atoms with van der Waals surface area (Å²) in [7, 11) is 0. The SMILES string of the molecule is CCCCCCCCOc1c(CCCC)ccc(OC(=O)O)c1O. The molecule has 2 N–H and O–H groups in total. The molecule has 0 heterocycles. The van der Waals surface area contributed by atoms with Crippen LogP contribution in [0.5, 0.6) is 17.2 Å². The zero-order chi connectivity index (χ0) is 17.8. The van der Waals surface area contributed by atoms with E-state index in [1.165, 1.54) is 31.7 Å². The first kappa shape index (κ1) is 20.1. The van der Waals surface area contributed by atoms with Crippen molar-refractivity contribution in [3.8, 4) is 17.2 Å². The summed E-state index contributed by atoms with van der Waals surface area (Å²) in [6, 6.07) is 3.25. The highest BCUT2D eigenvalue weighted by Gasteiger charge is 2.17. The van der Waals surface area contributed by atoms with E-state index < -0.39 is 6.16 Å². The first-order valence-corrected chi connectivity index (χ1v) is 8.98. The van der Waals surface area contributed by atoms with E-state index >= 15 is 0 Å². The lowest BCUT2D eigenvalue weighted by atomic mass is 10.1. The molecule has 0 fully saturated rings. The van der Waals surface area contributed by atoms with Crippen molar-refractivity contribution in [2.24, 2.45) is 0 Å². The van der Waals surface area contributed by atoms with Crippen LogP contribution in [0.3, 0.4) is 0 Å². The van der Waals surface area contributed by atoms with Crippen LogP contribution in [0.1, 0.15) is 70.8 Å². The molecule has 1 aromatic rings. The average molecular weight is 338 g/mol. The number of hydrogen-bond donors (Lipinski definition) is 2. The fraction of sp³-hybridized carbons (Fsp3) is 0.632. The van der Waals surface area contributed by atoms with Crippen molar-refractivity contribution < 1.29 is 24.5 Å². The van der Waals surface area contributed by atoms with Crippen LogP contribution in [0.2, 0.25) is 0 Å². The third-order valence-corrected chi connectivity index (χ3v) is 3.92. The van der Waals surface area contributed by atoms with E-state index in [-0.39, 0.29) is 11.5 Å². The van der Waals surface area contributed by atoms with Gasteiger partial charge in [-0.25, -0.2) is 4.79 Å². The third kappa shape index (κ3) is 7.11. The number of carbonyl (C=O) groups is 1. The largest absolute Gasteiger partial charge is 0.511 e. The minimum absolute atomic E-state index is 0.0827. The van der Waals surface area contributed by atoms with Crippen molar-refractivity contribution in [2.45, 2.75) is 71.6 Å². The molecule has 0 aliphatic heterocycles. The number of ether oxygens (including phenoxy) is 2. The van der Waals surface area contributed by atoms with Gasteiger partial charge in [0.05, 0.1) is 6.61 Å². The summed E-state index contributed by atoms with van der Waals surface area (Å²) in [5, 5.41) is 19.0. The second-order valence-corrected chi connectivity index (χ2v) is 5.99. The molecule has 1 rings (SSSR count). The van der Waals surface area contributed by atoms with Crippen molar-refractivity contribution in [1.82, 2.24) is 0 Å². The quantitative estimate of drug-likeness (QED) is 0.298. The molecule has 0 aliphatic rings. The van der Waals surface area contributed by atoms with Gasteiger partial charge in [0.1, 0.15) is 0 Å². The van der Waals surface area contributed by atoms with Crippen molar-refractivity contribution in [2.75, 3.05) is 6.61 Å². The van der Waals surface area contributed by atoms with Crippen LogP contribution in [0.25, 0.3) is 0 Å². The number of aromatic hydroxyl groups is 1. The number of phenolic OH excluding ortho intramolecular Hbond substituents is 1. The molecule has 0 saturated carbocycles. The van der Waals surface area contributed by atoms with Crippen LogP contribution in [0.4, 0.5) is 4.79 Å². The Labute approximate surface area is 144 Å². The zero-order valence-corrected chi connectivity index (χ0v) is 14.8. The summed E-state index contributed by atoms with van der Waals surface area (Å²) >= 11 is 0. The highest BCUT2D eigenvalue weighted by molar-refractivity contribution is 5.65. The second kappa shape index (κ2) is 11.6. The summed E-state index contributed by atoms with van der Waals surface area (Å²) in [6.45, 7) is 4.80. The molecule has 0 bridgehead atoms. The molecule has 5 heteroatoms. The van der Waals surface area contributed by atoms with Gasteiger partial charge in [-0.15, -0.1) is 0 Å². The Morgan fingerprint density at radius 1 is 1.00 bits per heavy atom. The van der Waals surface area contributed by atoms with Gasteiger partial charge in [-0.3, -0.25) is 0 Å². The van der Waals surface area contributed by atoms with Crippen molar-refractivity contribution in [3.63, 3.8) is 0 Å². The number of phenols is 1. The number of unbranched alkanes of at least 4 members (excludes halogenated alkanes) is 6. The number of benzene rings is 1. The number of aryl methyl sites for hydroxylation is 1. The fourth-order valence-corrected chi connectivity index (χ4v) is 2.55. The van der Waals surface area contributed by atoms with E-state index in [4.69, 9.17) is 9.84 Å². The molecular formula is C19H30O5. The van der Waals surface area contributed by atoms with Gasteiger partial charge >= 0.3 is 6.16 Å². The Morgan fingerprint density at radius 2 is 1.67 bits per heavy atom. The Morgan fingerprint density at radius 3 is 2.33 bits per heavy atom. The molecule has 24 heavy (non-hydrogen) atoms. The number of hydrogen-bond acceptors (Lipinski definition) is 4. The van der Waals surface area contributed by atoms with E-state index in [2.05, 4.69) is 18.6 Å². The second-order valence-electron chi connectivity index (χ2n) is 5.99. The van der Waals surface area contributed by atoms with Gasteiger partial charge in [-0.05, 0) is 30.9 Å². The number of carboxylic acid groups (broad SMARTS) is 1. The lowest BCUT2D eigenvalue weighted by Crippen LogP contribution is -2.06. The van der Waals surface area contributed by atoms with Crippen LogP contribution < -0.4 is 9.47 Å². The van der Waals surface area contributed by atoms with Crippen LogP contribution >= 0.6 is 0 Å². The maximum atomic E-state index is 10.7. The standard InChI is InChI=1S/C19H30O5/c1-3-5-7-8-9-10-14-23-18-15(11-6-4-2)12-13-16(17(18)20)24-19(21)22/h12-13,20H,3-11,14H2,1-2H3,(H,21,22). The van der Waals surface area contributed by atoms with Crippen molar-refractivity contribution in [3.05, 3.63) is 17.7 Å². The summed E-state index contributed by atoms with van der Waals surface area (Å²) in [5.41, 5.74) is 0.887. The summed E-state index contributed by atoms with van der Waals surface area (Å²) in [6.07, 6.45) is 8.27. The molecular weight excluding hydrogens is 308 g/mol. The van der Waals surface area contributed by atoms with E-state index in [1.807, 2.05) is 0 Å². The Bertz CT molecular complexity index is 499. The maximum Gasteiger partial charge on any atom is 0.511 e. The predicted molar refractivity (Wildman–Crippen MR) is 94.2 cm³/mol. The molecule has 0 atom stereocenters. The van der Waals surface area contributed by atoms with Gasteiger partial charge in [0.2, 0.25) is 5.75 Å². The van der Waals surface area contributed by atoms with E-state index in [0.29, 0.717) is 12.4 Å². The highest BCUT2D eigenvalue weighted by Crippen LogP contribution is 2.40. The minimum atomic E-state index is -1.45. The zero-order valence-electron chi connectivity index (χ0n) is 14.8. The summed E-state index contributed by atoms with van der Waals surface area (Å²) < 4.78 is 10.4. The fourth-order valence-electron chi connectivity index (χ4n) is 2.55. The average Bonchev–Trinajstić information content (AvgIpc) is 2.55.